The van der Waals surface area contributed by atoms with Gasteiger partial charge in [0.2, 0.25) is 0 Å². The van der Waals surface area contributed by atoms with E-state index in [1.165, 1.54) is 12.8 Å². The Balaban J connectivity index is 2.31. The van der Waals surface area contributed by atoms with E-state index in [0.29, 0.717) is 5.92 Å². The molecule has 2 aromatic rings. The summed E-state index contributed by atoms with van der Waals surface area (Å²) in [5.74, 6) is 0.406. The first kappa shape index (κ1) is 10.5. The Labute approximate surface area is 99.9 Å². The van der Waals surface area contributed by atoms with Gasteiger partial charge in [0.15, 0.2) is 0 Å². The van der Waals surface area contributed by atoms with E-state index in [1.54, 1.807) is 12.1 Å². The largest absolute Gasteiger partial charge is 0.388 e. The highest BCUT2D eigenvalue weighted by atomic mass is 19.1. The second kappa shape index (κ2) is 3.69. The Bertz CT molecular complexity index is 588. The zero-order chi connectivity index (χ0) is 12.0. The van der Waals surface area contributed by atoms with Crippen molar-refractivity contribution >= 4 is 16.6 Å². The summed E-state index contributed by atoms with van der Waals surface area (Å²) in [7, 11) is 1.87. The van der Waals surface area contributed by atoms with E-state index in [1.807, 2.05) is 14.0 Å². The highest BCUT2D eigenvalue weighted by molar-refractivity contribution is 5.93. The number of hydrogen-bond acceptors (Lipinski definition) is 2. The summed E-state index contributed by atoms with van der Waals surface area (Å²) in [6.45, 7) is 1.91. The minimum atomic E-state index is -0.201. The van der Waals surface area contributed by atoms with Crippen molar-refractivity contribution in [2.75, 3.05) is 12.4 Å². The molecule has 1 heterocycles. The quantitative estimate of drug-likeness (QED) is 0.852. The van der Waals surface area contributed by atoms with Gasteiger partial charge in [-0.25, -0.2) is 4.39 Å². The van der Waals surface area contributed by atoms with E-state index in [4.69, 9.17) is 0 Å². The molecular weight excluding hydrogens is 215 g/mol. The van der Waals surface area contributed by atoms with Crippen LogP contribution >= 0.6 is 0 Å². The summed E-state index contributed by atoms with van der Waals surface area (Å²) in [6, 6.07) is 5.15. The van der Waals surface area contributed by atoms with Crippen molar-refractivity contribution in [2.45, 2.75) is 25.7 Å². The van der Waals surface area contributed by atoms with Crippen LogP contribution in [0.3, 0.4) is 0 Å². The number of benzene rings is 1. The molecule has 0 radical (unpaired) electrons. The van der Waals surface area contributed by atoms with Crippen molar-refractivity contribution in [3.05, 3.63) is 35.3 Å². The number of fused-ring (bicyclic) bond motifs is 1. The van der Waals surface area contributed by atoms with E-state index < -0.39 is 0 Å². The number of nitrogens with zero attached hydrogens (tertiary/aromatic N) is 1. The molecular formula is C14H15FN2. The van der Waals surface area contributed by atoms with Crippen LogP contribution in [0.5, 0.6) is 0 Å². The van der Waals surface area contributed by atoms with Crippen LogP contribution in [0, 0.1) is 12.7 Å². The molecule has 0 bridgehead atoms. The molecule has 1 aromatic heterocycles. The summed E-state index contributed by atoms with van der Waals surface area (Å²) in [4.78, 5) is 4.68. The van der Waals surface area contributed by atoms with Gasteiger partial charge in [-0.3, -0.25) is 4.98 Å². The van der Waals surface area contributed by atoms with Gasteiger partial charge in [-0.05, 0) is 43.5 Å². The summed E-state index contributed by atoms with van der Waals surface area (Å²) in [5.41, 5.74) is 3.93. The molecule has 88 valence electrons. The first-order valence-corrected chi connectivity index (χ1v) is 5.97. The summed E-state index contributed by atoms with van der Waals surface area (Å²) in [5, 5.41) is 4.01. The highest BCUT2D eigenvalue weighted by Gasteiger charge is 2.26. The predicted octanol–water partition coefficient (Wildman–Crippen LogP) is 3.60. The minimum Gasteiger partial charge on any atom is -0.388 e. The SMILES string of the molecule is CNc1cc(C2CC2)nc2c(C)cc(F)cc12. The third kappa shape index (κ3) is 1.75. The molecule has 2 nitrogen and oxygen atoms in total. The van der Waals surface area contributed by atoms with Gasteiger partial charge >= 0.3 is 0 Å². The molecule has 0 saturated heterocycles. The Morgan fingerprint density at radius 2 is 2.06 bits per heavy atom. The van der Waals surface area contributed by atoms with Crippen LogP contribution in [-0.4, -0.2) is 12.0 Å². The van der Waals surface area contributed by atoms with Gasteiger partial charge in [0, 0.05) is 29.7 Å². The average molecular weight is 230 g/mol. The Kier molecular flexibility index (Phi) is 2.28. The number of aromatic nitrogens is 1. The highest BCUT2D eigenvalue weighted by Crippen LogP contribution is 2.41. The Morgan fingerprint density at radius 3 is 2.71 bits per heavy atom. The van der Waals surface area contributed by atoms with Crippen LogP contribution in [-0.2, 0) is 0 Å². The number of hydrogen-bond donors (Lipinski definition) is 1. The van der Waals surface area contributed by atoms with Gasteiger partial charge in [-0.2, -0.15) is 0 Å². The van der Waals surface area contributed by atoms with Gasteiger partial charge in [0.05, 0.1) is 5.52 Å². The van der Waals surface area contributed by atoms with Crippen molar-refractivity contribution in [1.82, 2.24) is 4.98 Å². The van der Waals surface area contributed by atoms with E-state index in [-0.39, 0.29) is 5.82 Å². The third-order valence-electron chi connectivity index (χ3n) is 3.35. The molecule has 1 aliphatic carbocycles. The maximum Gasteiger partial charge on any atom is 0.124 e. The maximum atomic E-state index is 13.4. The molecule has 17 heavy (non-hydrogen) atoms. The standard InChI is InChI=1S/C14H15FN2/c1-8-5-10(15)6-11-13(16-2)7-12(9-3-4-9)17-14(8)11/h5-7,9H,3-4H2,1-2H3,(H,16,17). The fraction of sp³-hybridized carbons (Fsp3) is 0.357. The Morgan fingerprint density at radius 1 is 1.29 bits per heavy atom. The van der Waals surface area contributed by atoms with Crippen LogP contribution in [0.2, 0.25) is 0 Å². The van der Waals surface area contributed by atoms with Crippen molar-refractivity contribution in [2.24, 2.45) is 0 Å². The minimum absolute atomic E-state index is 0.201. The lowest BCUT2D eigenvalue weighted by Crippen LogP contribution is -1.97. The van der Waals surface area contributed by atoms with Gasteiger partial charge in [-0.1, -0.05) is 0 Å². The van der Waals surface area contributed by atoms with E-state index in [2.05, 4.69) is 16.4 Å². The predicted molar refractivity (Wildman–Crippen MR) is 68.0 cm³/mol. The molecule has 0 spiro atoms. The number of aryl methyl sites for hydroxylation is 1. The topological polar surface area (TPSA) is 24.9 Å². The fourth-order valence-corrected chi connectivity index (χ4v) is 2.27. The Hall–Kier alpha value is -1.64. The van der Waals surface area contributed by atoms with Crippen LogP contribution in [0.15, 0.2) is 18.2 Å². The van der Waals surface area contributed by atoms with Crippen molar-refractivity contribution in [3.63, 3.8) is 0 Å². The first-order chi connectivity index (χ1) is 8.19. The van der Waals surface area contributed by atoms with Crippen molar-refractivity contribution in [3.8, 4) is 0 Å². The number of anilines is 1. The zero-order valence-corrected chi connectivity index (χ0v) is 10.0. The van der Waals surface area contributed by atoms with E-state index in [0.717, 1.165) is 27.8 Å². The lowest BCUT2D eigenvalue weighted by molar-refractivity contribution is 0.628. The molecule has 0 aliphatic heterocycles. The summed E-state index contributed by atoms with van der Waals surface area (Å²) < 4.78 is 13.4. The molecule has 3 rings (SSSR count). The first-order valence-electron chi connectivity index (χ1n) is 5.97. The fourth-order valence-electron chi connectivity index (χ4n) is 2.27. The van der Waals surface area contributed by atoms with Crippen LogP contribution in [0.4, 0.5) is 10.1 Å². The molecule has 1 aromatic carbocycles. The zero-order valence-electron chi connectivity index (χ0n) is 10.0. The van der Waals surface area contributed by atoms with Crippen molar-refractivity contribution < 1.29 is 4.39 Å². The number of halogens is 1. The molecule has 0 atom stereocenters. The average Bonchev–Trinajstić information content (AvgIpc) is 3.11. The number of pyridine rings is 1. The number of rotatable bonds is 2. The van der Waals surface area contributed by atoms with Gasteiger partial charge in [0.25, 0.3) is 0 Å². The summed E-state index contributed by atoms with van der Waals surface area (Å²) in [6.07, 6.45) is 2.45. The molecule has 0 amide bonds. The molecule has 1 N–H and O–H groups in total. The van der Waals surface area contributed by atoms with Gasteiger partial charge in [0.1, 0.15) is 5.82 Å². The van der Waals surface area contributed by atoms with E-state index >= 15 is 0 Å². The molecule has 1 aliphatic rings. The lowest BCUT2D eigenvalue weighted by Gasteiger charge is -2.10. The summed E-state index contributed by atoms with van der Waals surface area (Å²) >= 11 is 0. The van der Waals surface area contributed by atoms with Crippen molar-refractivity contribution in [1.29, 1.82) is 0 Å². The van der Waals surface area contributed by atoms with Gasteiger partial charge in [-0.15, -0.1) is 0 Å². The molecule has 1 fully saturated rings. The second-order valence-corrected chi connectivity index (χ2v) is 4.74. The van der Waals surface area contributed by atoms with E-state index in [9.17, 15) is 4.39 Å². The van der Waals surface area contributed by atoms with Crippen LogP contribution in [0.25, 0.3) is 10.9 Å². The lowest BCUT2D eigenvalue weighted by atomic mass is 10.1. The number of nitrogens with one attached hydrogen (secondary N) is 1. The molecule has 0 unspecified atom stereocenters. The third-order valence-corrected chi connectivity index (χ3v) is 3.35. The van der Waals surface area contributed by atoms with Gasteiger partial charge < -0.3 is 5.32 Å². The smallest absolute Gasteiger partial charge is 0.124 e. The molecule has 1 saturated carbocycles. The van der Waals surface area contributed by atoms with Crippen LogP contribution < -0.4 is 5.32 Å². The van der Waals surface area contributed by atoms with Crippen LogP contribution in [0.1, 0.15) is 30.0 Å². The normalized spacial score (nSPS) is 15.2. The second-order valence-electron chi connectivity index (χ2n) is 4.74. The molecule has 3 heteroatoms. The maximum absolute atomic E-state index is 13.4. The monoisotopic (exact) mass is 230 g/mol.